The molecule has 0 saturated carbocycles. The minimum atomic E-state index is -1.30. The quantitative estimate of drug-likeness (QED) is 0.860. The highest BCUT2D eigenvalue weighted by Crippen LogP contribution is 2.32. The smallest absolute Gasteiger partial charge is 0.164 e. The summed E-state index contributed by atoms with van der Waals surface area (Å²) in [5, 5.41) is 10.3. The van der Waals surface area contributed by atoms with Gasteiger partial charge in [0.05, 0.1) is 0 Å². The van der Waals surface area contributed by atoms with Crippen molar-refractivity contribution in [1.82, 2.24) is 0 Å². The van der Waals surface area contributed by atoms with Crippen LogP contribution in [0.15, 0.2) is 40.9 Å². The Labute approximate surface area is 116 Å². The molecule has 2 aromatic carbocycles. The maximum atomic E-state index is 13.6. The van der Waals surface area contributed by atoms with Gasteiger partial charge in [-0.25, -0.2) is 8.78 Å². The van der Waals surface area contributed by atoms with Gasteiger partial charge in [0.15, 0.2) is 11.6 Å². The second-order valence-electron chi connectivity index (χ2n) is 3.71. The van der Waals surface area contributed by atoms with Crippen LogP contribution >= 0.6 is 27.5 Å². The molecule has 0 amide bonds. The summed E-state index contributed by atoms with van der Waals surface area (Å²) < 4.78 is 27.4. The summed E-state index contributed by atoms with van der Waals surface area (Å²) in [4.78, 5) is 0. The summed E-state index contributed by atoms with van der Waals surface area (Å²) in [5.41, 5.74) is 0.184. The summed E-state index contributed by atoms with van der Waals surface area (Å²) in [6.45, 7) is 0. The van der Waals surface area contributed by atoms with Crippen LogP contribution in [0, 0.1) is 11.6 Å². The zero-order valence-electron chi connectivity index (χ0n) is 9.00. The fourth-order valence-corrected chi connectivity index (χ4v) is 2.40. The molecule has 1 nitrogen and oxygen atoms in total. The zero-order valence-corrected chi connectivity index (χ0v) is 11.3. The second kappa shape index (κ2) is 5.34. The highest BCUT2D eigenvalue weighted by atomic mass is 79.9. The topological polar surface area (TPSA) is 20.2 Å². The minimum absolute atomic E-state index is 0.140. The predicted octanol–water partition coefficient (Wildman–Crippen LogP) is 4.46. The fraction of sp³-hybridized carbons (Fsp3) is 0.0769. The molecule has 2 rings (SSSR count). The van der Waals surface area contributed by atoms with Crippen molar-refractivity contribution in [2.24, 2.45) is 0 Å². The van der Waals surface area contributed by atoms with E-state index in [0.29, 0.717) is 5.56 Å². The van der Waals surface area contributed by atoms with Gasteiger partial charge in [-0.1, -0.05) is 45.7 Å². The van der Waals surface area contributed by atoms with Crippen LogP contribution in [0.4, 0.5) is 8.78 Å². The van der Waals surface area contributed by atoms with Crippen LogP contribution in [-0.4, -0.2) is 5.11 Å². The lowest BCUT2D eigenvalue weighted by Gasteiger charge is -2.14. The molecular formula is C13H8BrClF2O. The minimum Gasteiger partial charge on any atom is -0.383 e. The van der Waals surface area contributed by atoms with Crippen molar-refractivity contribution >= 4 is 27.5 Å². The van der Waals surface area contributed by atoms with Crippen LogP contribution < -0.4 is 0 Å². The number of aliphatic hydroxyl groups excluding tert-OH is 1. The van der Waals surface area contributed by atoms with Gasteiger partial charge in [-0.3, -0.25) is 0 Å². The van der Waals surface area contributed by atoms with Crippen LogP contribution in [0.25, 0.3) is 0 Å². The average Bonchev–Trinajstić information content (AvgIpc) is 2.32. The zero-order chi connectivity index (χ0) is 13.3. The van der Waals surface area contributed by atoms with Gasteiger partial charge in [-0.15, -0.1) is 0 Å². The Morgan fingerprint density at radius 1 is 1.11 bits per heavy atom. The average molecular weight is 334 g/mol. The third-order valence-electron chi connectivity index (χ3n) is 2.53. The number of halogens is 4. The van der Waals surface area contributed by atoms with Gasteiger partial charge in [0.2, 0.25) is 0 Å². The van der Waals surface area contributed by atoms with Crippen LogP contribution in [0.3, 0.4) is 0 Å². The van der Waals surface area contributed by atoms with Crippen molar-refractivity contribution in [2.75, 3.05) is 0 Å². The first kappa shape index (κ1) is 13.5. The summed E-state index contributed by atoms with van der Waals surface area (Å²) in [7, 11) is 0. The summed E-state index contributed by atoms with van der Waals surface area (Å²) in [5.74, 6) is -2.07. The van der Waals surface area contributed by atoms with Crippen molar-refractivity contribution < 1.29 is 13.9 Å². The first-order valence-electron chi connectivity index (χ1n) is 5.07. The van der Waals surface area contributed by atoms with Crippen molar-refractivity contribution in [3.05, 3.63) is 68.7 Å². The Balaban J connectivity index is 2.48. The number of benzene rings is 2. The molecule has 18 heavy (non-hydrogen) atoms. The first-order chi connectivity index (χ1) is 8.50. The molecule has 94 valence electrons. The normalized spacial score (nSPS) is 12.5. The molecule has 0 aliphatic rings. The molecule has 0 aliphatic carbocycles. The molecule has 0 spiro atoms. The fourth-order valence-electron chi connectivity index (χ4n) is 1.62. The van der Waals surface area contributed by atoms with E-state index in [2.05, 4.69) is 15.9 Å². The van der Waals surface area contributed by atoms with E-state index in [-0.39, 0.29) is 10.6 Å². The molecule has 0 aromatic heterocycles. The summed E-state index contributed by atoms with van der Waals surface area (Å²) in [6, 6.07) is 8.46. The Morgan fingerprint density at radius 2 is 1.83 bits per heavy atom. The Kier molecular flexibility index (Phi) is 4.00. The Hall–Kier alpha value is -0.970. The van der Waals surface area contributed by atoms with Crippen molar-refractivity contribution in [3.8, 4) is 0 Å². The molecule has 0 aliphatic heterocycles. The highest BCUT2D eigenvalue weighted by Gasteiger charge is 2.19. The third-order valence-corrected chi connectivity index (χ3v) is 3.35. The monoisotopic (exact) mass is 332 g/mol. The molecule has 0 radical (unpaired) electrons. The SMILES string of the molecule is OC(c1ccc(Br)cc1Cl)c1cccc(F)c1F. The van der Waals surface area contributed by atoms with Gasteiger partial charge < -0.3 is 5.11 Å². The van der Waals surface area contributed by atoms with Crippen LogP contribution in [0.1, 0.15) is 17.2 Å². The van der Waals surface area contributed by atoms with Crippen molar-refractivity contribution in [2.45, 2.75) is 6.10 Å². The van der Waals surface area contributed by atoms with E-state index in [1.54, 1.807) is 18.2 Å². The molecule has 0 heterocycles. The van der Waals surface area contributed by atoms with Crippen molar-refractivity contribution in [1.29, 1.82) is 0 Å². The summed E-state index contributed by atoms with van der Waals surface area (Å²) in [6.07, 6.45) is -1.30. The lowest BCUT2D eigenvalue weighted by Crippen LogP contribution is -2.04. The lowest BCUT2D eigenvalue weighted by molar-refractivity contribution is 0.213. The lowest BCUT2D eigenvalue weighted by atomic mass is 10.0. The van der Waals surface area contributed by atoms with Gasteiger partial charge in [0, 0.05) is 20.6 Å². The molecule has 0 saturated heterocycles. The maximum Gasteiger partial charge on any atom is 0.164 e. The van der Waals surface area contributed by atoms with Gasteiger partial charge in [0.25, 0.3) is 0 Å². The number of hydrogen-bond acceptors (Lipinski definition) is 1. The standard InChI is InChI=1S/C13H8BrClF2O/c14-7-4-5-8(10(15)6-7)13(18)9-2-1-3-11(16)12(9)17/h1-6,13,18H. The van der Waals surface area contributed by atoms with E-state index in [4.69, 9.17) is 11.6 Å². The molecule has 1 atom stereocenters. The highest BCUT2D eigenvalue weighted by molar-refractivity contribution is 9.10. The van der Waals surface area contributed by atoms with E-state index in [1.165, 1.54) is 12.1 Å². The van der Waals surface area contributed by atoms with Gasteiger partial charge in [-0.2, -0.15) is 0 Å². The molecule has 2 aromatic rings. The van der Waals surface area contributed by atoms with Crippen LogP contribution in [0.5, 0.6) is 0 Å². The molecule has 1 unspecified atom stereocenters. The molecular weight excluding hydrogens is 325 g/mol. The Morgan fingerprint density at radius 3 is 2.50 bits per heavy atom. The van der Waals surface area contributed by atoms with Crippen molar-refractivity contribution in [3.63, 3.8) is 0 Å². The van der Waals surface area contributed by atoms with E-state index >= 15 is 0 Å². The first-order valence-corrected chi connectivity index (χ1v) is 6.24. The van der Waals surface area contributed by atoms with Crippen LogP contribution in [0.2, 0.25) is 5.02 Å². The largest absolute Gasteiger partial charge is 0.383 e. The van der Waals surface area contributed by atoms with Gasteiger partial charge >= 0.3 is 0 Å². The van der Waals surface area contributed by atoms with Gasteiger partial charge in [0.1, 0.15) is 6.10 Å². The number of aliphatic hydroxyl groups is 1. The molecule has 0 bridgehead atoms. The Bertz CT molecular complexity index is 589. The molecule has 5 heteroatoms. The number of rotatable bonds is 2. The summed E-state index contributed by atoms with van der Waals surface area (Å²) >= 11 is 9.19. The third kappa shape index (κ3) is 2.55. The maximum absolute atomic E-state index is 13.6. The van der Waals surface area contributed by atoms with Crippen LogP contribution in [-0.2, 0) is 0 Å². The van der Waals surface area contributed by atoms with Gasteiger partial charge in [-0.05, 0) is 18.2 Å². The molecule has 0 fully saturated rings. The molecule has 1 N–H and O–H groups in total. The predicted molar refractivity (Wildman–Crippen MR) is 69.6 cm³/mol. The second-order valence-corrected chi connectivity index (χ2v) is 5.03. The van der Waals surface area contributed by atoms with E-state index in [9.17, 15) is 13.9 Å². The van der Waals surface area contributed by atoms with E-state index in [0.717, 1.165) is 10.5 Å². The van der Waals surface area contributed by atoms with E-state index < -0.39 is 17.7 Å². The van der Waals surface area contributed by atoms with E-state index in [1.807, 2.05) is 0 Å². The number of hydrogen-bond donors (Lipinski definition) is 1.